The first-order valence-corrected chi connectivity index (χ1v) is 5.89. The molecule has 6 nitrogen and oxygen atoms in total. The predicted molar refractivity (Wildman–Crippen MR) is 69.2 cm³/mol. The van der Waals surface area contributed by atoms with Crippen LogP contribution in [0.4, 0.5) is 5.69 Å². The molecular weight excluding hydrogens is 242 g/mol. The van der Waals surface area contributed by atoms with Crippen LogP contribution in [0.1, 0.15) is 18.3 Å². The smallest absolute Gasteiger partial charge is 0.244 e. The highest BCUT2D eigenvalue weighted by Gasteiger charge is 2.08. The number of amides is 1. The van der Waals surface area contributed by atoms with Crippen molar-refractivity contribution in [2.45, 2.75) is 19.9 Å². The fraction of sp³-hybridized carbons (Fsp3) is 0.231. The first-order valence-electron chi connectivity index (χ1n) is 5.89. The normalized spacial score (nSPS) is 9.89. The zero-order valence-electron chi connectivity index (χ0n) is 10.5. The number of aryl methyl sites for hydroxylation is 1. The molecular formula is C13H13N5O. The molecule has 0 saturated carbocycles. The van der Waals surface area contributed by atoms with Crippen LogP contribution in [0.25, 0.3) is 0 Å². The van der Waals surface area contributed by atoms with Crippen molar-refractivity contribution in [3.8, 4) is 6.07 Å². The molecule has 0 bridgehead atoms. The molecule has 1 N–H and O–H groups in total. The fourth-order valence-electron chi connectivity index (χ4n) is 1.68. The SMILES string of the molecule is CCc1cccc(NC(=O)Cn2cnnc2C#N)c1. The van der Waals surface area contributed by atoms with Gasteiger partial charge in [0.25, 0.3) is 0 Å². The predicted octanol–water partition coefficient (Wildman–Crippen LogP) is 1.35. The van der Waals surface area contributed by atoms with Gasteiger partial charge in [0, 0.05) is 5.69 Å². The molecule has 1 heterocycles. The van der Waals surface area contributed by atoms with Gasteiger partial charge in [0.05, 0.1) is 0 Å². The Hall–Kier alpha value is -2.68. The third-order valence-electron chi connectivity index (χ3n) is 2.65. The van der Waals surface area contributed by atoms with E-state index < -0.39 is 0 Å². The van der Waals surface area contributed by atoms with Gasteiger partial charge in [-0.3, -0.25) is 9.36 Å². The number of carbonyl (C=O) groups excluding carboxylic acids is 1. The van der Waals surface area contributed by atoms with Crippen molar-refractivity contribution in [2.24, 2.45) is 0 Å². The Morgan fingerprint density at radius 3 is 3.11 bits per heavy atom. The third-order valence-corrected chi connectivity index (χ3v) is 2.65. The van der Waals surface area contributed by atoms with Gasteiger partial charge >= 0.3 is 0 Å². The maximum absolute atomic E-state index is 11.9. The Bertz CT molecular complexity index is 626. The molecule has 0 aliphatic rings. The van der Waals surface area contributed by atoms with E-state index in [0.717, 1.165) is 17.7 Å². The van der Waals surface area contributed by atoms with Crippen molar-refractivity contribution in [1.82, 2.24) is 14.8 Å². The zero-order valence-corrected chi connectivity index (χ0v) is 10.5. The summed E-state index contributed by atoms with van der Waals surface area (Å²) in [7, 11) is 0. The van der Waals surface area contributed by atoms with Gasteiger partial charge in [-0.1, -0.05) is 19.1 Å². The van der Waals surface area contributed by atoms with Crippen molar-refractivity contribution in [3.05, 3.63) is 42.0 Å². The van der Waals surface area contributed by atoms with Crippen molar-refractivity contribution in [3.63, 3.8) is 0 Å². The summed E-state index contributed by atoms with van der Waals surface area (Å²) >= 11 is 0. The number of carbonyl (C=O) groups is 1. The minimum absolute atomic E-state index is 0.0201. The second-order valence-electron chi connectivity index (χ2n) is 4.00. The highest BCUT2D eigenvalue weighted by atomic mass is 16.1. The largest absolute Gasteiger partial charge is 0.325 e. The monoisotopic (exact) mass is 255 g/mol. The summed E-state index contributed by atoms with van der Waals surface area (Å²) in [6.45, 7) is 2.07. The summed E-state index contributed by atoms with van der Waals surface area (Å²) in [6, 6.07) is 9.53. The number of nitrogens with one attached hydrogen (secondary N) is 1. The molecule has 0 saturated heterocycles. The Morgan fingerprint density at radius 2 is 2.37 bits per heavy atom. The van der Waals surface area contributed by atoms with Crippen LogP contribution >= 0.6 is 0 Å². The minimum Gasteiger partial charge on any atom is -0.325 e. The topological polar surface area (TPSA) is 83.6 Å². The van der Waals surface area contributed by atoms with Crippen LogP contribution in [0, 0.1) is 11.3 Å². The summed E-state index contributed by atoms with van der Waals surface area (Å²) in [6.07, 6.45) is 2.27. The van der Waals surface area contributed by atoms with Crippen LogP contribution in [-0.4, -0.2) is 20.7 Å². The average Bonchev–Trinajstić information content (AvgIpc) is 2.86. The van der Waals surface area contributed by atoms with Crippen molar-refractivity contribution >= 4 is 11.6 Å². The van der Waals surface area contributed by atoms with E-state index >= 15 is 0 Å². The molecule has 0 aliphatic heterocycles. The van der Waals surface area contributed by atoms with Gasteiger partial charge in [-0.25, -0.2) is 0 Å². The van der Waals surface area contributed by atoms with E-state index in [1.165, 1.54) is 10.9 Å². The lowest BCUT2D eigenvalue weighted by atomic mass is 10.1. The van der Waals surface area contributed by atoms with Gasteiger partial charge in [-0.2, -0.15) is 5.26 Å². The van der Waals surface area contributed by atoms with Crippen LogP contribution in [0.3, 0.4) is 0 Å². The molecule has 19 heavy (non-hydrogen) atoms. The molecule has 0 radical (unpaired) electrons. The first kappa shape index (κ1) is 12.8. The highest BCUT2D eigenvalue weighted by molar-refractivity contribution is 5.90. The van der Waals surface area contributed by atoms with E-state index in [9.17, 15) is 4.79 Å². The summed E-state index contributed by atoms with van der Waals surface area (Å²) in [4.78, 5) is 11.9. The zero-order chi connectivity index (χ0) is 13.7. The number of aromatic nitrogens is 3. The van der Waals surface area contributed by atoms with Crippen LogP contribution in [0.2, 0.25) is 0 Å². The second kappa shape index (κ2) is 5.78. The summed E-state index contributed by atoms with van der Waals surface area (Å²) in [5.74, 6) is -0.0954. The van der Waals surface area contributed by atoms with Crippen LogP contribution in [-0.2, 0) is 17.8 Å². The Kier molecular flexibility index (Phi) is 3.88. The molecule has 1 amide bonds. The lowest BCUT2D eigenvalue weighted by Gasteiger charge is -2.07. The molecule has 0 fully saturated rings. The average molecular weight is 255 g/mol. The fourth-order valence-corrected chi connectivity index (χ4v) is 1.68. The molecule has 2 aromatic rings. The molecule has 0 aliphatic carbocycles. The lowest BCUT2D eigenvalue weighted by molar-refractivity contribution is -0.116. The third kappa shape index (κ3) is 3.16. The Morgan fingerprint density at radius 1 is 1.53 bits per heavy atom. The highest BCUT2D eigenvalue weighted by Crippen LogP contribution is 2.11. The molecule has 1 aromatic carbocycles. The number of hydrogen-bond acceptors (Lipinski definition) is 4. The van der Waals surface area contributed by atoms with Gasteiger partial charge in [-0.15, -0.1) is 10.2 Å². The molecule has 0 spiro atoms. The van der Waals surface area contributed by atoms with Crippen molar-refractivity contribution < 1.29 is 4.79 Å². The number of nitrogens with zero attached hydrogens (tertiary/aromatic N) is 4. The maximum atomic E-state index is 11.9. The van der Waals surface area contributed by atoms with E-state index in [1.807, 2.05) is 30.3 Å². The van der Waals surface area contributed by atoms with Gasteiger partial charge in [0.2, 0.25) is 11.7 Å². The van der Waals surface area contributed by atoms with Crippen LogP contribution in [0.15, 0.2) is 30.6 Å². The molecule has 96 valence electrons. The Balaban J connectivity index is 2.03. The Labute approximate surface area is 110 Å². The molecule has 0 atom stereocenters. The quantitative estimate of drug-likeness (QED) is 0.893. The second-order valence-corrected chi connectivity index (χ2v) is 4.00. The number of rotatable bonds is 4. The number of anilines is 1. The van der Waals surface area contributed by atoms with Gasteiger partial charge in [0.15, 0.2) is 0 Å². The summed E-state index contributed by atoms with van der Waals surface area (Å²) < 4.78 is 1.40. The molecule has 6 heteroatoms. The van der Waals surface area contributed by atoms with Crippen LogP contribution < -0.4 is 5.32 Å². The summed E-state index contributed by atoms with van der Waals surface area (Å²) in [5, 5.41) is 18.7. The van der Waals surface area contributed by atoms with E-state index in [2.05, 4.69) is 22.4 Å². The van der Waals surface area contributed by atoms with E-state index in [-0.39, 0.29) is 18.3 Å². The van der Waals surface area contributed by atoms with Gasteiger partial charge in [0.1, 0.15) is 18.9 Å². The van der Waals surface area contributed by atoms with Gasteiger partial charge < -0.3 is 5.32 Å². The minimum atomic E-state index is -0.218. The van der Waals surface area contributed by atoms with Crippen molar-refractivity contribution in [2.75, 3.05) is 5.32 Å². The van der Waals surface area contributed by atoms with E-state index in [0.29, 0.717) is 0 Å². The number of hydrogen-bond donors (Lipinski definition) is 1. The maximum Gasteiger partial charge on any atom is 0.244 e. The first-order chi connectivity index (χ1) is 9.22. The molecule has 1 aromatic heterocycles. The lowest BCUT2D eigenvalue weighted by Crippen LogP contribution is -2.19. The van der Waals surface area contributed by atoms with E-state index in [4.69, 9.17) is 5.26 Å². The molecule has 2 rings (SSSR count). The number of benzene rings is 1. The van der Waals surface area contributed by atoms with E-state index in [1.54, 1.807) is 0 Å². The van der Waals surface area contributed by atoms with Crippen LogP contribution in [0.5, 0.6) is 0 Å². The standard InChI is InChI=1S/C13H13N5O/c1-2-10-4-3-5-11(6-10)16-13(19)8-18-9-15-17-12(18)7-14/h3-6,9H,2,8H2,1H3,(H,16,19). The number of nitriles is 1. The van der Waals surface area contributed by atoms with Gasteiger partial charge in [-0.05, 0) is 24.1 Å². The summed E-state index contributed by atoms with van der Waals surface area (Å²) in [5.41, 5.74) is 1.90. The molecule has 0 unspecified atom stereocenters. The van der Waals surface area contributed by atoms with Crippen molar-refractivity contribution in [1.29, 1.82) is 5.26 Å².